The zero-order chi connectivity index (χ0) is 24.5. The maximum atomic E-state index is 14.7. The van der Waals surface area contributed by atoms with Crippen molar-refractivity contribution in [3.8, 4) is 5.88 Å². The van der Waals surface area contributed by atoms with Gasteiger partial charge in [0, 0.05) is 40.0 Å². The second kappa shape index (κ2) is 9.19. The van der Waals surface area contributed by atoms with Crippen LogP contribution in [0.25, 0.3) is 10.9 Å². The Morgan fingerprint density at radius 2 is 1.94 bits per heavy atom. The van der Waals surface area contributed by atoms with E-state index in [0.29, 0.717) is 38.9 Å². The van der Waals surface area contributed by atoms with Crippen LogP contribution >= 0.6 is 11.6 Å². The zero-order valence-corrected chi connectivity index (χ0v) is 19.5. The molecule has 0 radical (unpaired) electrons. The predicted molar refractivity (Wildman–Crippen MR) is 132 cm³/mol. The number of carbonyl (C=O) groups is 1. The van der Waals surface area contributed by atoms with Gasteiger partial charge in [-0.3, -0.25) is 14.9 Å². The van der Waals surface area contributed by atoms with Crippen LogP contribution in [0, 0.1) is 5.82 Å². The minimum atomic E-state index is -0.661. The van der Waals surface area contributed by atoms with Crippen molar-refractivity contribution in [2.75, 3.05) is 12.4 Å². The maximum absolute atomic E-state index is 14.7. The lowest BCUT2D eigenvalue weighted by Crippen LogP contribution is -2.34. The van der Waals surface area contributed by atoms with Crippen molar-refractivity contribution >= 4 is 39.9 Å². The molecule has 0 saturated carbocycles. The molecule has 1 unspecified atom stereocenters. The van der Waals surface area contributed by atoms with E-state index in [2.05, 4.69) is 25.8 Å². The van der Waals surface area contributed by atoms with Gasteiger partial charge in [0.25, 0.3) is 5.91 Å². The summed E-state index contributed by atoms with van der Waals surface area (Å²) in [5, 5.41) is 13.7. The van der Waals surface area contributed by atoms with Gasteiger partial charge in [-0.05, 0) is 36.8 Å². The summed E-state index contributed by atoms with van der Waals surface area (Å²) in [4.78, 5) is 22.5. The van der Waals surface area contributed by atoms with Crippen molar-refractivity contribution in [3.05, 3.63) is 94.2 Å². The van der Waals surface area contributed by atoms with E-state index < -0.39 is 17.8 Å². The number of ether oxygens (including phenoxy) is 1. The molecule has 1 aliphatic heterocycles. The number of nitrogens with zero attached hydrogens (tertiary/aromatic N) is 3. The number of aromatic nitrogens is 3. The maximum Gasteiger partial charge on any atom is 0.255 e. The highest BCUT2D eigenvalue weighted by atomic mass is 35.5. The van der Waals surface area contributed by atoms with Gasteiger partial charge in [0.05, 0.1) is 30.1 Å². The van der Waals surface area contributed by atoms with Crippen LogP contribution < -0.4 is 15.4 Å². The molecule has 4 aromatic rings. The summed E-state index contributed by atoms with van der Waals surface area (Å²) in [6, 6.07) is 12.8. The summed E-state index contributed by atoms with van der Waals surface area (Å²) in [6.45, 7) is 1.78. The summed E-state index contributed by atoms with van der Waals surface area (Å²) in [7, 11) is 1.54. The molecular weight excluding hydrogens is 471 g/mol. The molecule has 35 heavy (non-hydrogen) atoms. The Hall–Kier alpha value is -4.24. The number of nitrogens with one attached hydrogen (secondary N) is 3. The van der Waals surface area contributed by atoms with Gasteiger partial charge in [-0.25, -0.2) is 9.37 Å². The van der Waals surface area contributed by atoms with Gasteiger partial charge in [0.1, 0.15) is 17.7 Å². The number of amides is 1. The minimum Gasteiger partial charge on any atom is -0.481 e. The second-order valence-corrected chi connectivity index (χ2v) is 8.36. The number of pyridine rings is 1. The number of methoxy groups -OCH3 is 1. The second-order valence-electron chi connectivity index (χ2n) is 7.93. The number of halogens is 2. The number of anilines is 1. The van der Waals surface area contributed by atoms with Crippen molar-refractivity contribution in [3.63, 3.8) is 0 Å². The van der Waals surface area contributed by atoms with Crippen LogP contribution in [0.15, 0.2) is 77.2 Å². The van der Waals surface area contributed by atoms with E-state index in [-0.39, 0.29) is 5.69 Å². The van der Waals surface area contributed by atoms with Gasteiger partial charge in [0.2, 0.25) is 5.88 Å². The van der Waals surface area contributed by atoms with Crippen LogP contribution in [0.1, 0.15) is 24.1 Å². The number of rotatable bonds is 5. The Morgan fingerprint density at radius 3 is 2.66 bits per heavy atom. The lowest BCUT2D eigenvalue weighted by molar-refractivity contribution is -0.113. The van der Waals surface area contributed by atoms with Gasteiger partial charge in [-0.1, -0.05) is 23.7 Å². The van der Waals surface area contributed by atoms with E-state index in [1.54, 1.807) is 44.6 Å². The van der Waals surface area contributed by atoms with Crippen molar-refractivity contribution in [2.45, 2.75) is 13.0 Å². The average molecular weight is 491 g/mol. The fraction of sp³-hybridized carbons (Fsp3) is 0.120. The molecule has 0 fully saturated rings. The number of hydrogen-bond donors (Lipinski definition) is 3. The first-order chi connectivity index (χ1) is 16.9. The number of hydrogen-bond acceptors (Lipinski definition) is 6. The van der Waals surface area contributed by atoms with Crippen LogP contribution in [-0.2, 0) is 4.79 Å². The molecule has 8 nitrogen and oxygen atoms in total. The fourth-order valence-corrected chi connectivity index (χ4v) is 4.02. The standard InChI is InChI=1S/C25H20ClFN6O2/c1-13-22(25(34)31-20-9-16-12-29-33-19(16)10-18(20)27)23(14-3-6-17(26)7-4-14)32-24(30-13)15-5-8-21(35-2)28-11-15/h3-12,23H,1-2H3,(H,29,33)(H,30,32)(H,31,34). The summed E-state index contributed by atoms with van der Waals surface area (Å²) in [5.74, 6) is -0.0375. The summed E-state index contributed by atoms with van der Waals surface area (Å²) in [6.07, 6.45) is 3.20. The Bertz CT molecular complexity index is 1480. The highest BCUT2D eigenvalue weighted by molar-refractivity contribution is 6.30. The van der Waals surface area contributed by atoms with Gasteiger partial charge in [0.15, 0.2) is 0 Å². The van der Waals surface area contributed by atoms with E-state index >= 15 is 0 Å². The fourth-order valence-electron chi connectivity index (χ4n) is 3.89. The summed E-state index contributed by atoms with van der Waals surface area (Å²) < 4.78 is 19.8. The molecular formula is C25H20ClFN6O2. The molecule has 5 rings (SSSR count). The Balaban J connectivity index is 1.52. The van der Waals surface area contributed by atoms with E-state index in [9.17, 15) is 9.18 Å². The third kappa shape index (κ3) is 4.45. The number of allylic oxidation sites excluding steroid dienone is 1. The van der Waals surface area contributed by atoms with E-state index in [4.69, 9.17) is 21.3 Å². The molecule has 2 aromatic heterocycles. The normalized spacial score (nSPS) is 15.5. The number of H-pyrrole nitrogens is 1. The number of aromatic amines is 1. The smallest absolute Gasteiger partial charge is 0.255 e. The quantitative estimate of drug-likeness (QED) is 0.374. The number of benzene rings is 2. The third-order valence-electron chi connectivity index (χ3n) is 5.67. The molecule has 0 bridgehead atoms. The largest absolute Gasteiger partial charge is 0.481 e. The van der Waals surface area contributed by atoms with Crippen LogP contribution in [0.4, 0.5) is 10.1 Å². The van der Waals surface area contributed by atoms with Crippen molar-refractivity contribution in [2.24, 2.45) is 4.99 Å². The van der Waals surface area contributed by atoms with E-state index in [0.717, 1.165) is 11.1 Å². The van der Waals surface area contributed by atoms with Crippen molar-refractivity contribution in [1.29, 1.82) is 0 Å². The SMILES string of the molecule is COc1ccc(C2=NC(c3ccc(Cl)cc3)C(C(=O)Nc3cc4cn[nH]c4cc3F)=C(C)N2)cn1. The highest BCUT2D eigenvalue weighted by Crippen LogP contribution is 2.33. The molecule has 2 aromatic carbocycles. The van der Waals surface area contributed by atoms with Crippen molar-refractivity contribution in [1.82, 2.24) is 20.5 Å². The lowest BCUT2D eigenvalue weighted by Gasteiger charge is -2.27. The number of carbonyl (C=O) groups excluding carboxylic acids is 1. The molecule has 3 N–H and O–H groups in total. The molecule has 1 aliphatic rings. The van der Waals surface area contributed by atoms with Crippen LogP contribution in [0.5, 0.6) is 5.88 Å². The summed E-state index contributed by atoms with van der Waals surface area (Å²) in [5.41, 5.74) is 2.99. The van der Waals surface area contributed by atoms with Gasteiger partial charge in [-0.2, -0.15) is 5.10 Å². The van der Waals surface area contributed by atoms with Gasteiger partial charge in [-0.15, -0.1) is 0 Å². The lowest BCUT2D eigenvalue weighted by atomic mass is 9.94. The number of aliphatic imine (C=N–C) groups is 1. The van der Waals surface area contributed by atoms with Crippen molar-refractivity contribution < 1.29 is 13.9 Å². The van der Waals surface area contributed by atoms with E-state index in [1.807, 2.05) is 18.2 Å². The Morgan fingerprint density at radius 1 is 1.14 bits per heavy atom. The topological polar surface area (TPSA) is 104 Å². The van der Waals surface area contributed by atoms with E-state index in [1.165, 1.54) is 12.1 Å². The minimum absolute atomic E-state index is 0.0492. The molecule has 1 amide bonds. The van der Waals surface area contributed by atoms with Crippen LogP contribution in [-0.4, -0.2) is 34.0 Å². The predicted octanol–water partition coefficient (Wildman–Crippen LogP) is 4.76. The number of fused-ring (bicyclic) bond motifs is 1. The Labute approximate surface area is 204 Å². The average Bonchev–Trinajstić information content (AvgIpc) is 3.31. The molecule has 3 heterocycles. The monoisotopic (exact) mass is 490 g/mol. The van der Waals surface area contributed by atoms with Gasteiger partial charge >= 0.3 is 0 Å². The molecule has 10 heteroatoms. The van der Waals surface area contributed by atoms with Gasteiger partial charge < -0.3 is 15.4 Å². The Kier molecular flexibility index (Phi) is 5.92. The summed E-state index contributed by atoms with van der Waals surface area (Å²) >= 11 is 6.09. The molecule has 176 valence electrons. The highest BCUT2D eigenvalue weighted by Gasteiger charge is 2.30. The molecule has 0 aliphatic carbocycles. The van der Waals surface area contributed by atoms with Crippen LogP contribution in [0.3, 0.4) is 0 Å². The first-order valence-corrected chi connectivity index (χ1v) is 11.1. The third-order valence-corrected chi connectivity index (χ3v) is 5.92. The molecule has 1 atom stereocenters. The number of amidine groups is 1. The van der Waals surface area contributed by atoms with Crippen LogP contribution in [0.2, 0.25) is 5.02 Å². The first-order valence-electron chi connectivity index (χ1n) is 10.7. The molecule has 0 saturated heterocycles. The zero-order valence-electron chi connectivity index (χ0n) is 18.8. The first kappa shape index (κ1) is 22.5. The molecule has 0 spiro atoms.